The molecule has 0 fully saturated rings. The molecule has 4 rings (SSSR count). The lowest BCUT2D eigenvalue weighted by Crippen LogP contribution is -2.23. The molecule has 3 N–H and O–H groups in total. The molecule has 132 valence electrons. The van der Waals surface area contributed by atoms with Crippen molar-refractivity contribution in [2.75, 3.05) is 12.4 Å². The summed E-state index contributed by atoms with van der Waals surface area (Å²) in [5.74, 6) is 0.623. The number of aromatic hydroxyl groups is 1. The fourth-order valence-corrected chi connectivity index (χ4v) is 3.41. The number of phenolic OH excluding ortho intramolecular Hbond substituents is 1. The molecule has 1 atom stereocenters. The highest BCUT2D eigenvalue weighted by atomic mass is 35.5. The monoisotopic (exact) mass is 369 g/mol. The Morgan fingerprint density at radius 2 is 2.00 bits per heavy atom. The minimum Gasteiger partial charge on any atom is -0.504 e. The summed E-state index contributed by atoms with van der Waals surface area (Å²) in [5.41, 5.74) is 3.52. The van der Waals surface area contributed by atoms with Crippen LogP contribution in [0.1, 0.15) is 23.5 Å². The third-order valence-electron chi connectivity index (χ3n) is 4.54. The number of benzene rings is 2. The molecule has 7 heteroatoms. The highest BCUT2D eigenvalue weighted by Gasteiger charge is 2.32. The van der Waals surface area contributed by atoms with Crippen molar-refractivity contribution in [3.63, 3.8) is 0 Å². The number of aromatic amines is 1. The molecule has 0 radical (unpaired) electrons. The molecule has 2 aromatic carbocycles. The van der Waals surface area contributed by atoms with Crippen LogP contribution in [0.15, 0.2) is 42.5 Å². The van der Waals surface area contributed by atoms with Gasteiger partial charge in [0.25, 0.3) is 0 Å². The lowest BCUT2D eigenvalue weighted by molar-refractivity contribution is -0.116. The first-order valence-corrected chi connectivity index (χ1v) is 8.45. The molecular formula is C19H16ClN3O3. The molecule has 0 saturated heterocycles. The average molecular weight is 370 g/mol. The minimum absolute atomic E-state index is 0.0573. The van der Waals surface area contributed by atoms with Gasteiger partial charge in [0.15, 0.2) is 17.3 Å². The smallest absolute Gasteiger partial charge is 0.226 e. The first-order valence-electron chi connectivity index (χ1n) is 8.07. The maximum atomic E-state index is 12.2. The van der Waals surface area contributed by atoms with Gasteiger partial charge >= 0.3 is 0 Å². The zero-order chi connectivity index (χ0) is 18.3. The molecule has 1 aliphatic rings. The fourth-order valence-electron chi connectivity index (χ4n) is 3.29. The van der Waals surface area contributed by atoms with E-state index in [0.29, 0.717) is 16.6 Å². The molecule has 2 heterocycles. The van der Waals surface area contributed by atoms with E-state index in [9.17, 15) is 9.90 Å². The lowest BCUT2D eigenvalue weighted by Gasteiger charge is -2.24. The molecule has 3 aromatic rings. The van der Waals surface area contributed by atoms with E-state index in [0.717, 1.165) is 22.4 Å². The largest absolute Gasteiger partial charge is 0.504 e. The molecule has 0 bridgehead atoms. The molecule has 1 aromatic heterocycles. The van der Waals surface area contributed by atoms with Gasteiger partial charge in [0, 0.05) is 28.5 Å². The van der Waals surface area contributed by atoms with Crippen molar-refractivity contribution in [1.29, 1.82) is 0 Å². The van der Waals surface area contributed by atoms with Crippen LogP contribution in [0.5, 0.6) is 11.5 Å². The van der Waals surface area contributed by atoms with E-state index in [4.69, 9.17) is 16.3 Å². The third kappa shape index (κ3) is 2.78. The maximum absolute atomic E-state index is 12.2. The van der Waals surface area contributed by atoms with Crippen molar-refractivity contribution in [1.82, 2.24) is 10.2 Å². The van der Waals surface area contributed by atoms with Crippen molar-refractivity contribution < 1.29 is 14.6 Å². The zero-order valence-corrected chi connectivity index (χ0v) is 14.7. The number of carbonyl (C=O) groups is 1. The van der Waals surface area contributed by atoms with Gasteiger partial charge < -0.3 is 15.2 Å². The van der Waals surface area contributed by atoms with Crippen LogP contribution >= 0.6 is 11.6 Å². The molecule has 0 saturated carbocycles. The summed E-state index contributed by atoms with van der Waals surface area (Å²) in [6.45, 7) is 0. The first-order chi connectivity index (χ1) is 12.6. The molecular weight excluding hydrogens is 354 g/mol. The SMILES string of the molecule is COc1cc([C@@H]2CC(=O)Nc3n[nH]c(-c4ccc(Cl)cc4)c32)ccc1O. The van der Waals surface area contributed by atoms with Gasteiger partial charge in [-0.25, -0.2) is 0 Å². The number of amides is 1. The molecule has 0 aliphatic carbocycles. The van der Waals surface area contributed by atoms with Gasteiger partial charge in [0.05, 0.1) is 12.8 Å². The van der Waals surface area contributed by atoms with E-state index < -0.39 is 0 Å². The number of aromatic nitrogens is 2. The number of fused-ring (bicyclic) bond motifs is 1. The Bertz CT molecular complexity index is 982. The predicted molar refractivity (Wildman–Crippen MR) is 98.8 cm³/mol. The summed E-state index contributed by atoms with van der Waals surface area (Å²) in [7, 11) is 1.49. The maximum Gasteiger partial charge on any atom is 0.226 e. The Kier molecular flexibility index (Phi) is 4.05. The van der Waals surface area contributed by atoms with Crippen LogP contribution in [-0.4, -0.2) is 28.3 Å². The number of methoxy groups -OCH3 is 1. The molecule has 6 nitrogen and oxygen atoms in total. The second-order valence-electron chi connectivity index (χ2n) is 6.10. The summed E-state index contributed by atoms with van der Waals surface area (Å²) in [6.07, 6.45) is 0.279. The summed E-state index contributed by atoms with van der Waals surface area (Å²) >= 11 is 5.99. The minimum atomic E-state index is -0.210. The number of nitrogens with one attached hydrogen (secondary N) is 2. The lowest BCUT2D eigenvalue weighted by atomic mass is 9.84. The van der Waals surface area contributed by atoms with Crippen molar-refractivity contribution in [3.8, 4) is 22.8 Å². The number of rotatable bonds is 3. The van der Waals surface area contributed by atoms with Gasteiger partial charge in [-0.15, -0.1) is 0 Å². The number of carbonyl (C=O) groups excluding carboxylic acids is 1. The Morgan fingerprint density at radius 1 is 1.23 bits per heavy atom. The molecule has 0 unspecified atom stereocenters. The topological polar surface area (TPSA) is 87.2 Å². The van der Waals surface area contributed by atoms with Crippen molar-refractivity contribution in [3.05, 3.63) is 58.6 Å². The van der Waals surface area contributed by atoms with Crippen LogP contribution in [0.25, 0.3) is 11.3 Å². The van der Waals surface area contributed by atoms with Gasteiger partial charge in [-0.2, -0.15) is 5.10 Å². The van der Waals surface area contributed by atoms with E-state index >= 15 is 0 Å². The Labute approximate surface area is 154 Å². The van der Waals surface area contributed by atoms with Crippen molar-refractivity contribution >= 4 is 23.3 Å². The number of halogens is 1. The number of hydrogen-bond acceptors (Lipinski definition) is 4. The molecule has 1 amide bonds. The van der Waals surface area contributed by atoms with Gasteiger partial charge in [-0.05, 0) is 29.8 Å². The van der Waals surface area contributed by atoms with Gasteiger partial charge in [-0.3, -0.25) is 9.89 Å². The van der Waals surface area contributed by atoms with Gasteiger partial charge in [0.2, 0.25) is 5.91 Å². The number of anilines is 1. The molecule has 1 aliphatic heterocycles. The summed E-state index contributed by atoms with van der Waals surface area (Å²) in [6, 6.07) is 12.5. The first kappa shape index (κ1) is 16.5. The van der Waals surface area contributed by atoms with Crippen LogP contribution in [0.2, 0.25) is 5.02 Å². The van der Waals surface area contributed by atoms with E-state index in [1.807, 2.05) is 24.3 Å². The predicted octanol–water partition coefficient (Wildman–Crippen LogP) is 3.92. The Morgan fingerprint density at radius 3 is 2.73 bits per heavy atom. The quantitative estimate of drug-likeness (QED) is 0.653. The van der Waals surface area contributed by atoms with E-state index in [1.54, 1.807) is 18.2 Å². The van der Waals surface area contributed by atoms with Crippen molar-refractivity contribution in [2.24, 2.45) is 0 Å². The Hall–Kier alpha value is -2.99. The highest BCUT2D eigenvalue weighted by molar-refractivity contribution is 6.30. The number of hydrogen-bond donors (Lipinski definition) is 3. The van der Waals surface area contributed by atoms with Crippen molar-refractivity contribution in [2.45, 2.75) is 12.3 Å². The highest BCUT2D eigenvalue weighted by Crippen LogP contribution is 2.43. The van der Waals surface area contributed by atoms with Crippen LogP contribution in [0.3, 0.4) is 0 Å². The van der Waals surface area contributed by atoms with Gasteiger partial charge in [0.1, 0.15) is 0 Å². The van der Waals surface area contributed by atoms with E-state index in [1.165, 1.54) is 7.11 Å². The van der Waals surface area contributed by atoms with Crippen LogP contribution < -0.4 is 10.1 Å². The summed E-state index contributed by atoms with van der Waals surface area (Å²) in [4.78, 5) is 12.2. The average Bonchev–Trinajstić information content (AvgIpc) is 3.06. The zero-order valence-electron chi connectivity index (χ0n) is 13.9. The van der Waals surface area contributed by atoms with Crippen LogP contribution in [0.4, 0.5) is 5.82 Å². The molecule has 26 heavy (non-hydrogen) atoms. The Balaban J connectivity index is 1.85. The number of ether oxygens (including phenoxy) is 1. The number of H-pyrrole nitrogens is 1. The van der Waals surface area contributed by atoms with E-state index in [-0.39, 0.29) is 24.0 Å². The van der Waals surface area contributed by atoms with E-state index in [2.05, 4.69) is 15.5 Å². The molecule has 0 spiro atoms. The summed E-state index contributed by atoms with van der Waals surface area (Å²) in [5, 5.41) is 20.6. The van der Waals surface area contributed by atoms with Crippen LogP contribution in [-0.2, 0) is 4.79 Å². The second kappa shape index (κ2) is 6.38. The fraction of sp³-hybridized carbons (Fsp3) is 0.158. The number of nitrogens with zero attached hydrogens (tertiary/aromatic N) is 1. The standard InChI is InChI=1S/C19H16ClN3O3/c1-26-15-8-11(4-7-14(15)24)13-9-16(25)21-19-17(13)18(22-23-19)10-2-5-12(20)6-3-10/h2-8,13,24H,9H2,1H3,(H2,21,22,23,25)/t13-/m0/s1. The van der Waals surface area contributed by atoms with Gasteiger partial charge in [-0.1, -0.05) is 29.8 Å². The normalized spacial score (nSPS) is 16.1. The summed E-state index contributed by atoms with van der Waals surface area (Å²) < 4.78 is 5.21. The number of phenols is 1. The third-order valence-corrected chi connectivity index (χ3v) is 4.79. The second-order valence-corrected chi connectivity index (χ2v) is 6.54. The van der Waals surface area contributed by atoms with Crippen LogP contribution in [0, 0.1) is 0 Å².